The van der Waals surface area contributed by atoms with Crippen LogP contribution in [0.4, 0.5) is 5.69 Å². The topological polar surface area (TPSA) is 91.9 Å². The number of anilines is 1. The smallest absolute Gasteiger partial charge is 0.231 e. The lowest BCUT2D eigenvalue weighted by atomic mass is 9.83. The predicted molar refractivity (Wildman–Crippen MR) is 122 cm³/mol. The van der Waals surface area contributed by atoms with Gasteiger partial charge >= 0.3 is 0 Å². The normalized spacial score (nSPS) is 24.7. The van der Waals surface area contributed by atoms with Crippen LogP contribution in [-0.2, 0) is 16.0 Å². The maximum absolute atomic E-state index is 13.2. The number of nitrogens with zero attached hydrogens (tertiary/aromatic N) is 1. The van der Waals surface area contributed by atoms with E-state index in [2.05, 4.69) is 16.1 Å². The highest BCUT2D eigenvalue weighted by Crippen LogP contribution is 2.31. The van der Waals surface area contributed by atoms with Crippen LogP contribution >= 0.6 is 0 Å². The van der Waals surface area contributed by atoms with Crippen LogP contribution in [0.5, 0.6) is 11.5 Å². The number of hydrazine groups is 1. The summed E-state index contributed by atoms with van der Waals surface area (Å²) in [5.74, 6) is 0.0760. The standard InChI is InChI=1S/C24H30N4O4/c1-15-21-22(29)18(14-26-23(21)28(27-15)17-7-5-4-6-8-17)24(30)25-12-11-16-9-10-19(31-2)20(13-16)32-3/h4-10,13,15,18,21,23,26-27H,11-12,14H2,1-3H3,(H,25,30). The van der Waals surface area contributed by atoms with Crippen molar-refractivity contribution in [3.8, 4) is 11.5 Å². The number of carbonyl (C=O) groups excluding carboxylic acids is 2. The predicted octanol–water partition coefficient (Wildman–Crippen LogP) is 1.51. The van der Waals surface area contributed by atoms with Crippen LogP contribution in [0, 0.1) is 11.8 Å². The first kappa shape index (κ1) is 22.1. The summed E-state index contributed by atoms with van der Waals surface area (Å²) in [7, 11) is 3.19. The van der Waals surface area contributed by atoms with Crippen LogP contribution in [0.3, 0.4) is 0 Å². The highest BCUT2D eigenvalue weighted by molar-refractivity contribution is 6.04. The summed E-state index contributed by atoms with van der Waals surface area (Å²) in [6.45, 7) is 2.74. The third-order valence-corrected chi connectivity index (χ3v) is 6.21. The van der Waals surface area contributed by atoms with Crippen molar-refractivity contribution >= 4 is 17.4 Å². The minimum absolute atomic E-state index is 0.0178. The van der Waals surface area contributed by atoms with Crippen LogP contribution in [0.2, 0.25) is 0 Å². The highest BCUT2D eigenvalue weighted by atomic mass is 16.5. The van der Waals surface area contributed by atoms with Crippen molar-refractivity contribution in [2.75, 3.05) is 32.3 Å². The van der Waals surface area contributed by atoms with Gasteiger partial charge in [-0.25, -0.2) is 5.43 Å². The fourth-order valence-electron chi connectivity index (χ4n) is 4.54. The molecule has 2 aromatic rings. The van der Waals surface area contributed by atoms with Crippen molar-refractivity contribution in [2.24, 2.45) is 11.8 Å². The molecule has 2 aliphatic heterocycles. The summed E-state index contributed by atoms with van der Waals surface area (Å²) in [6.07, 6.45) is 0.461. The third-order valence-electron chi connectivity index (χ3n) is 6.21. The Labute approximate surface area is 188 Å². The van der Waals surface area contributed by atoms with Gasteiger partial charge in [-0.2, -0.15) is 0 Å². The van der Waals surface area contributed by atoms with Gasteiger partial charge in [-0.05, 0) is 43.2 Å². The maximum Gasteiger partial charge on any atom is 0.231 e. The average Bonchev–Trinajstić information content (AvgIpc) is 3.16. The number of carbonyl (C=O) groups is 2. The molecular weight excluding hydrogens is 408 g/mol. The SMILES string of the molecule is COc1ccc(CCNC(=O)C2CNC3C(C2=O)C(C)NN3c2ccccc2)cc1OC. The maximum atomic E-state index is 13.2. The van der Waals surface area contributed by atoms with E-state index in [9.17, 15) is 9.59 Å². The second-order valence-electron chi connectivity index (χ2n) is 8.19. The lowest BCUT2D eigenvalue weighted by molar-refractivity contribution is -0.138. The van der Waals surface area contributed by atoms with E-state index < -0.39 is 5.92 Å². The lowest BCUT2D eigenvalue weighted by Crippen LogP contribution is -2.59. The van der Waals surface area contributed by atoms with E-state index in [0.29, 0.717) is 31.0 Å². The molecule has 0 aliphatic carbocycles. The Bertz CT molecular complexity index is 968. The van der Waals surface area contributed by atoms with E-state index in [4.69, 9.17) is 9.47 Å². The highest BCUT2D eigenvalue weighted by Gasteiger charge is 2.50. The summed E-state index contributed by atoms with van der Waals surface area (Å²) in [4.78, 5) is 26.0. The van der Waals surface area contributed by atoms with E-state index in [0.717, 1.165) is 11.3 Å². The zero-order valence-electron chi connectivity index (χ0n) is 18.6. The first-order valence-corrected chi connectivity index (χ1v) is 10.9. The van der Waals surface area contributed by atoms with Crippen molar-refractivity contribution in [2.45, 2.75) is 25.6 Å². The second kappa shape index (κ2) is 9.58. The van der Waals surface area contributed by atoms with Crippen molar-refractivity contribution in [1.29, 1.82) is 0 Å². The van der Waals surface area contributed by atoms with Crippen LogP contribution in [0.15, 0.2) is 48.5 Å². The molecule has 2 saturated heterocycles. The quantitative estimate of drug-likeness (QED) is 0.565. The van der Waals surface area contributed by atoms with E-state index >= 15 is 0 Å². The molecule has 0 spiro atoms. The van der Waals surface area contributed by atoms with Crippen molar-refractivity contribution in [3.63, 3.8) is 0 Å². The Balaban J connectivity index is 1.35. The number of rotatable bonds is 7. The molecule has 4 rings (SSSR count). The van der Waals surface area contributed by atoms with E-state index in [1.54, 1.807) is 14.2 Å². The number of piperidine rings is 1. The number of hydrogen-bond acceptors (Lipinski definition) is 7. The molecule has 4 atom stereocenters. The molecule has 0 saturated carbocycles. The Morgan fingerprint density at radius 3 is 2.59 bits per heavy atom. The molecular formula is C24H30N4O4. The largest absolute Gasteiger partial charge is 0.493 e. The number of ether oxygens (including phenoxy) is 2. The van der Waals surface area contributed by atoms with Crippen molar-refractivity contribution in [3.05, 3.63) is 54.1 Å². The van der Waals surface area contributed by atoms with Crippen molar-refractivity contribution < 1.29 is 19.1 Å². The first-order valence-electron chi connectivity index (χ1n) is 10.9. The number of benzene rings is 2. The number of para-hydroxylation sites is 1. The Hall–Kier alpha value is -3.10. The fourth-order valence-corrected chi connectivity index (χ4v) is 4.54. The summed E-state index contributed by atoms with van der Waals surface area (Å²) in [5.41, 5.74) is 5.39. The summed E-state index contributed by atoms with van der Waals surface area (Å²) < 4.78 is 10.6. The minimum atomic E-state index is -0.693. The van der Waals surface area contributed by atoms with Gasteiger partial charge in [0.15, 0.2) is 17.3 Å². The molecule has 2 heterocycles. The molecule has 0 aromatic heterocycles. The number of nitrogens with one attached hydrogen (secondary N) is 3. The van der Waals surface area contributed by atoms with Crippen LogP contribution < -0.4 is 30.5 Å². The van der Waals surface area contributed by atoms with E-state index in [1.807, 2.05) is 60.5 Å². The molecule has 2 fully saturated rings. The molecule has 0 radical (unpaired) electrons. The lowest BCUT2D eigenvalue weighted by Gasteiger charge is -2.35. The van der Waals surface area contributed by atoms with Gasteiger partial charge in [-0.1, -0.05) is 24.3 Å². The molecule has 1 amide bonds. The molecule has 0 bridgehead atoms. The van der Waals surface area contributed by atoms with Gasteiger partial charge in [0.1, 0.15) is 12.1 Å². The van der Waals surface area contributed by atoms with Gasteiger partial charge in [-0.15, -0.1) is 0 Å². The Morgan fingerprint density at radius 2 is 1.88 bits per heavy atom. The van der Waals surface area contributed by atoms with Crippen molar-refractivity contribution in [1.82, 2.24) is 16.1 Å². The molecule has 32 heavy (non-hydrogen) atoms. The van der Waals surface area contributed by atoms with Gasteiger partial charge in [0.25, 0.3) is 0 Å². The number of methoxy groups -OCH3 is 2. The number of hydrogen-bond donors (Lipinski definition) is 3. The molecule has 8 nitrogen and oxygen atoms in total. The van der Waals surface area contributed by atoms with Gasteiger partial charge in [0, 0.05) is 19.1 Å². The monoisotopic (exact) mass is 438 g/mol. The number of ketones is 1. The van der Waals surface area contributed by atoms with Crippen LogP contribution in [0.1, 0.15) is 12.5 Å². The van der Waals surface area contributed by atoms with Crippen LogP contribution in [0.25, 0.3) is 0 Å². The Kier molecular flexibility index (Phi) is 6.62. The molecule has 3 N–H and O–H groups in total. The van der Waals surface area contributed by atoms with Gasteiger partial charge in [0.2, 0.25) is 5.91 Å². The summed E-state index contributed by atoms with van der Waals surface area (Å²) in [6, 6.07) is 15.5. The summed E-state index contributed by atoms with van der Waals surface area (Å²) >= 11 is 0. The molecule has 8 heteroatoms. The molecule has 2 aromatic carbocycles. The average molecular weight is 439 g/mol. The zero-order valence-corrected chi connectivity index (χ0v) is 18.6. The number of amides is 1. The van der Waals surface area contributed by atoms with Gasteiger partial charge < -0.3 is 14.8 Å². The van der Waals surface area contributed by atoms with Gasteiger partial charge in [0.05, 0.1) is 25.8 Å². The van der Waals surface area contributed by atoms with E-state index in [1.165, 1.54) is 0 Å². The third kappa shape index (κ3) is 4.28. The first-order chi connectivity index (χ1) is 15.5. The minimum Gasteiger partial charge on any atom is -0.493 e. The van der Waals surface area contributed by atoms with E-state index in [-0.39, 0.29) is 29.8 Å². The second-order valence-corrected chi connectivity index (χ2v) is 8.19. The van der Waals surface area contributed by atoms with Gasteiger partial charge in [-0.3, -0.25) is 19.9 Å². The molecule has 170 valence electrons. The summed E-state index contributed by atoms with van der Waals surface area (Å²) in [5, 5.41) is 8.34. The molecule has 4 unspecified atom stereocenters. The number of fused-ring (bicyclic) bond motifs is 1. The fraction of sp³-hybridized carbons (Fsp3) is 0.417. The molecule has 2 aliphatic rings. The zero-order chi connectivity index (χ0) is 22.7. The number of Topliss-reactive ketones (excluding diaryl/α,β-unsaturated/α-hetero) is 1. The Morgan fingerprint density at radius 1 is 1.12 bits per heavy atom. The van der Waals surface area contributed by atoms with Crippen LogP contribution in [-0.4, -0.2) is 51.2 Å².